The molecule has 0 unspecified atom stereocenters. The molecule has 2 aliphatic heterocycles. The molecule has 6 heteroatoms. The minimum absolute atomic E-state index is 0.0902. The fraction of sp³-hybridized carbons (Fsp3) is 0.588. The summed E-state index contributed by atoms with van der Waals surface area (Å²) < 4.78 is 24.4. The van der Waals surface area contributed by atoms with Crippen LogP contribution in [0.25, 0.3) is 0 Å². The van der Waals surface area contributed by atoms with Crippen LogP contribution in [0.15, 0.2) is 18.2 Å². The van der Waals surface area contributed by atoms with Crippen molar-refractivity contribution in [3.63, 3.8) is 0 Å². The van der Waals surface area contributed by atoms with Crippen LogP contribution in [0.1, 0.15) is 31.2 Å². The first-order valence-corrected chi connectivity index (χ1v) is 8.39. The molecule has 1 aromatic carbocycles. The lowest BCUT2D eigenvalue weighted by molar-refractivity contribution is -0.143. The van der Waals surface area contributed by atoms with Crippen molar-refractivity contribution < 1.29 is 18.7 Å². The summed E-state index contributed by atoms with van der Waals surface area (Å²) in [5.41, 5.74) is 0.487. The Labute approximate surface area is 140 Å². The number of amides is 1. The van der Waals surface area contributed by atoms with Crippen LogP contribution in [0, 0.1) is 5.82 Å². The first kappa shape index (κ1) is 16.7. The van der Waals surface area contributed by atoms with E-state index in [-0.39, 0.29) is 29.0 Å². The van der Waals surface area contributed by atoms with Crippen LogP contribution in [-0.4, -0.2) is 37.4 Å². The van der Waals surface area contributed by atoms with Crippen LogP contribution in [0.3, 0.4) is 0 Å². The van der Waals surface area contributed by atoms with E-state index < -0.39 is 5.82 Å². The normalized spacial score (nSPS) is 23.7. The largest absolute Gasteiger partial charge is 0.381 e. The van der Waals surface area contributed by atoms with Crippen molar-refractivity contribution in [2.24, 2.45) is 0 Å². The molecule has 0 bridgehead atoms. The van der Waals surface area contributed by atoms with Crippen LogP contribution in [0.2, 0.25) is 5.02 Å². The molecular formula is C17H21ClFNO3. The summed E-state index contributed by atoms with van der Waals surface area (Å²) in [6, 6.07) is 4.21. The monoisotopic (exact) mass is 341 g/mol. The molecule has 3 rings (SSSR count). The van der Waals surface area contributed by atoms with Crippen molar-refractivity contribution in [3.8, 4) is 0 Å². The van der Waals surface area contributed by atoms with Crippen molar-refractivity contribution >= 4 is 17.5 Å². The van der Waals surface area contributed by atoms with E-state index in [4.69, 9.17) is 21.1 Å². The van der Waals surface area contributed by atoms with Crippen LogP contribution in [0.5, 0.6) is 0 Å². The average Bonchev–Trinajstić information content (AvgIpc) is 2.51. The molecule has 0 aromatic heterocycles. The van der Waals surface area contributed by atoms with E-state index in [1.54, 1.807) is 6.07 Å². The van der Waals surface area contributed by atoms with Gasteiger partial charge in [0, 0.05) is 30.9 Å². The molecule has 1 aromatic rings. The van der Waals surface area contributed by atoms with Gasteiger partial charge in [-0.3, -0.25) is 4.79 Å². The Morgan fingerprint density at radius 1 is 1.35 bits per heavy atom. The maximum absolute atomic E-state index is 13.1. The second-order valence-corrected chi connectivity index (χ2v) is 6.72. The zero-order valence-electron chi connectivity index (χ0n) is 12.9. The first-order valence-electron chi connectivity index (χ1n) is 8.01. The molecule has 1 N–H and O–H groups in total. The smallest absolute Gasteiger partial charge is 0.224 e. The number of benzene rings is 1. The van der Waals surface area contributed by atoms with Gasteiger partial charge in [-0.15, -0.1) is 0 Å². The maximum Gasteiger partial charge on any atom is 0.224 e. The molecule has 126 valence electrons. The number of hydrogen-bond donors (Lipinski definition) is 1. The Bertz CT molecular complexity index is 569. The van der Waals surface area contributed by atoms with E-state index >= 15 is 0 Å². The number of carbonyl (C=O) groups excluding carboxylic acids is 1. The van der Waals surface area contributed by atoms with Crippen molar-refractivity contribution in [1.29, 1.82) is 0 Å². The lowest BCUT2D eigenvalue weighted by atomic mass is 9.84. The SMILES string of the molecule is O=C(Cc1ccc(F)cc1Cl)N[C@H]1CCOC2(CCOCC2)C1. The van der Waals surface area contributed by atoms with E-state index in [1.165, 1.54) is 12.1 Å². The molecule has 1 amide bonds. The summed E-state index contributed by atoms with van der Waals surface area (Å²) in [4.78, 5) is 12.3. The zero-order valence-corrected chi connectivity index (χ0v) is 13.7. The fourth-order valence-electron chi connectivity index (χ4n) is 3.36. The highest BCUT2D eigenvalue weighted by Gasteiger charge is 2.39. The van der Waals surface area contributed by atoms with E-state index in [1.807, 2.05) is 0 Å². The quantitative estimate of drug-likeness (QED) is 0.919. The summed E-state index contributed by atoms with van der Waals surface area (Å²) >= 11 is 5.98. The molecule has 1 atom stereocenters. The van der Waals surface area contributed by atoms with Gasteiger partial charge in [0.05, 0.1) is 12.0 Å². The van der Waals surface area contributed by atoms with Crippen molar-refractivity contribution in [2.75, 3.05) is 19.8 Å². The molecule has 23 heavy (non-hydrogen) atoms. The first-order chi connectivity index (χ1) is 11.1. The molecule has 0 radical (unpaired) electrons. The predicted octanol–water partition coefficient (Wildman–Crippen LogP) is 2.87. The molecular weight excluding hydrogens is 321 g/mol. The number of ether oxygens (including phenoxy) is 2. The van der Waals surface area contributed by atoms with Gasteiger partial charge in [0.15, 0.2) is 0 Å². The van der Waals surface area contributed by atoms with Gasteiger partial charge >= 0.3 is 0 Å². The summed E-state index contributed by atoms with van der Waals surface area (Å²) in [6.07, 6.45) is 3.55. The summed E-state index contributed by atoms with van der Waals surface area (Å²) in [5, 5.41) is 3.35. The number of hydrogen-bond acceptors (Lipinski definition) is 3. The zero-order chi connectivity index (χ0) is 16.3. The second-order valence-electron chi connectivity index (χ2n) is 6.31. The van der Waals surface area contributed by atoms with Gasteiger partial charge in [-0.25, -0.2) is 4.39 Å². The van der Waals surface area contributed by atoms with Gasteiger partial charge in [-0.1, -0.05) is 17.7 Å². The number of rotatable bonds is 3. The van der Waals surface area contributed by atoms with E-state index in [0.717, 1.165) is 25.7 Å². The van der Waals surface area contributed by atoms with Gasteiger partial charge in [0.25, 0.3) is 0 Å². The van der Waals surface area contributed by atoms with E-state index in [2.05, 4.69) is 5.32 Å². The maximum atomic E-state index is 13.1. The summed E-state index contributed by atoms with van der Waals surface area (Å²) in [5.74, 6) is -0.488. The van der Waals surface area contributed by atoms with Crippen LogP contribution in [0.4, 0.5) is 4.39 Å². The highest BCUT2D eigenvalue weighted by Crippen LogP contribution is 2.34. The van der Waals surface area contributed by atoms with E-state index in [0.29, 0.717) is 25.4 Å². The molecule has 2 fully saturated rings. The lowest BCUT2D eigenvalue weighted by Crippen LogP contribution is -2.51. The Morgan fingerprint density at radius 2 is 2.13 bits per heavy atom. The third kappa shape index (κ3) is 4.22. The minimum atomic E-state index is -0.398. The summed E-state index contributed by atoms with van der Waals surface area (Å²) in [7, 11) is 0. The topological polar surface area (TPSA) is 47.6 Å². The number of nitrogens with one attached hydrogen (secondary N) is 1. The molecule has 0 aliphatic carbocycles. The molecule has 2 heterocycles. The number of carbonyl (C=O) groups is 1. The highest BCUT2D eigenvalue weighted by atomic mass is 35.5. The average molecular weight is 342 g/mol. The standard InChI is InChI=1S/C17H21ClFNO3/c18-15-10-13(19)2-1-12(15)9-16(21)20-14-3-6-23-17(11-14)4-7-22-8-5-17/h1-2,10,14H,3-9,11H2,(H,20,21)/t14-/m0/s1. The van der Waals surface area contributed by atoms with Crippen LogP contribution < -0.4 is 5.32 Å². The van der Waals surface area contributed by atoms with Crippen molar-refractivity contribution in [3.05, 3.63) is 34.6 Å². The predicted molar refractivity (Wildman–Crippen MR) is 85.0 cm³/mol. The van der Waals surface area contributed by atoms with Gasteiger partial charge < -0.3 is 14.8 Å². The molecule has 2 saturated heterocycles. The Hall–Kier alpha value is -1.17. The summed E-state index contributed by atoms with van der Waals surface area (Å²) in [6.45, 7) is 2.08. The fourth-order valence-corrected chi connectivity index (χ4v) is 3.59. The molecule has 4 nitrogen and oxygen atoms in total. The number of halogens is 2. The third-order valence-electron chi connectivity index (χ3n) is 4.63. The molecule has 1 spiro atoms. The molecule has 0 saturated carbocycles. The van der Waals surface area contributed by atoms with Gasteiger partial charge in [0.2, 0.25) is 5.91 Å². The Balaban J connectivity index is 1.57. The van der Waals surface area contributed by atoms with Crippen LogP contribution in [-0.2, 0) is 20.7 Å². The lowest BCUT2D eigenvalue weighted by Gasteiger charge is -2.43. The second kappa shape index (κ2) is 7.16. The highest BCUT2D eigenvalue weighted by molar-refractivity contribution is 6.31. The van der Waals surface area contributed by atoms with Gasteiger partial charge in [-0.05, 0) is 43.4 Å². The van der Waals surface area contributed by atoms with Gasteiger partial charge in [-0.2, -0.15) is 0 Å². The molecule has 2 aliphatic rings. The van der Waals surface area contributed by atoms with Gasteiger partial charge in [0.1, 0.15) is 5.82 Å². The Kier molecular flexibility index (Phi) is 5.19. The van der Waals surface area contributed by atoms with Crippen molar-refractivity contribution in [2.45, 2.75) is 43.7 Å². The minimum Gasteiger partial charge on any atom is -0.381 e. The van der Waals surface area contributed by atoms with Crippen LogP contribution >= 0.6 is 11.6 Å². The van der Waals surface area contributed by atoms with Crippen molar-refractivity contribution in [1.82, 2.24) is 5.32 Å². The third-order valence-corrected chi connectivity index (χ3v) is 4.98. The van der Waals surface area contributed by atoms with E-state index in [9.17, 15) is 9.18 Å². The Morgan fingerprint density at radius 3 is 2.87 bits per heavy atom.